The van der Waals surface area contributed by atoms with Crippen LogP contribution in [-0.4, -0.2) is 18.6 Å². The van der Waals surface area contributed by atoms with Crippen LogP contribution in [-0.2, 0) is 6.42 Å². The molecule has 0 spiro atoms. The standard InChI is InChI=1S/C15H16N2.C7H16/c1-17-10-2-3-14-11-13(4-5-15(14)17)12-6-8-16-9-7-12;1-3-5-7-6-4-2/h4-9,11H,2-3,10H2,1H3;3-7H2,1-2H3. The predicted molar refractivity (Wildman–Crippen MR) is 106 cm³/mol. The maximum atomic E-state index is 4.06. The molecular weight excluding hydrogens is 292 g/mol. The van der Waals surface area contributed by atoms with Crippen molar-refractivity contribution in [3.05, 3.63) is 48.3 Å². The molecule has 24 heavy (non-hydrogen) atoms. The number of hydrogen-bond acceptors (Lipinski definition) is 2. The second-order valence-electron chi connectivity index (χ2n) is 6.67. The molecule has 1 aromatic carbocycles. The Labute approximate surface area is 147 Å². The molecule has 0 amide bonds. The number of anilines is 1. The number of unbranched alkanes of at least 4 members (excludes halogenated alkanes) is 4. The molecule has 0 atom stereocenters. The smallest absolute Gasteiger partial charge is 0.0396 e. The monoisotopic (exact) mass is 324 g/mol. The lowest BCUT2D eigenvalue weighted by molar-refractivity contribution is 0.656. The zero-order valence-corrected chi connectivity index (χ0v) is 15.6. The van der Waals surface area contributed by atoms with Crippen molar-refractivity contribution in [1.29, 1.82) is 0 Å². The third kappa shape index (κ3) is 5.36. The first kappa shape index (κ1) is 18.5. The Bertz CT molecular complexity index is 588. The summed E-state index contributed by atoms with van der Waals surface area (Å²) in [6.07, 6.45) is 13.2. The van der Waals surface area contributed by atoms with E-state index in [1.54, 1.807) is 0 Å². The molecule has 0 aliphatic carbocycles. The van der Waals surface area contributed by atoms with Crippen molar-refractivity contribution < 1.29 is 0 Å². The van der Waals surface area contributed by atoms with Crippen molar-refractivity contribution in [3.63, 3.8) is 0 Å². The molecule has 2 nitrogen and oxygen atoms in total. The molecule has 2 heterocycles. The highest BCUT2D eigenvalue weighted by Crippen LogP contribution is 2.30. The van der Waals surface area contributed by atoms with Gasteiger partial charge < -0.3 is 4.90 Å². The van der Waals surface area contributed by atoms with Gasteiger partial charge in [0.1, 0.15) is 0 Å². The van der Waals surface area contributed by atoms with Gasteiger partial charge in [0, 0.05) is 31.7 Å². The molecule has 130 valence electrons. The first-order valence-corrected chi connectivity index (χ1v) is 9.50. The lowest BCUT2D eigenvalue weighted by Crippen LogP contribution is -2.24. The molecule has 0 bridgehead atoms. The van der Waals surface area contributed by atoms with Gasteiger partial charge >= 0.3 is 0 Å². The fraction of sp³-hybridized carbons (Fsp3) is 0.500. The first-order valence-electron chi connectivity index (χ1n) is 9.50. The third-order valence-corrected chi connectivity index (χ3v) is 4.65. The fourth-order valence-corrected chi connectivity index (χ4v) is 3.19. The van der Waals surface area contributed by atoms with Crippen molar-refractivity contribution in [2.45, 2.75) is 58.8 Å². The van der Waals surface area contributed by atoms with Crippen LogP contribution in [0.4, 0.5) is 5.69 Å². The van der Waals surface area contributed by atoms with E-state index in [9.17, 15) is 0 Å². The van der Waals surface area contributed by atoms with E-state index in [4.69, 9.17) is 0 Å². The van der Waals surface area contributed by atoms with E-state index in [0.717, 1.165) is 0 Å². The molecule has 0 N–H and O–H groups in total. The fourth-order valence-electron chi connectivity index (χ4n) is 3.19. The second-order valence-corrected chi connectivity index (χ2v) is 6.67. The second kappa shape index (κ2) is 10.1. The van der Waals surface area contributed by atoms with Gasteiger partial charge in [-0.15, -0.1) is 0 Å². The van der Waals surface area contributed by atoms with Gasteiger partial charge in [-0.05, 0) is 53.8 Å². The van der Waals surface area contributed by atoms with Gasteiger partial charge in [0.05, 0.1) is 0 Å². The maximum absolute atomic E-state index is 4.06. The van der Waals surface area contributed by atoms with E-state index in [-0.39, 0.29) is 0 Å². The average Bonchev–Trinajstić information content (AvgIpc) is 2.63. The van der Waals surface area contributed by atoms with Crippen molar-refractivity contribution in [1.82, 2.24) is 4.98 Å². The summed E-state index contributed by atoms with van der Waals surface area (Å²) in [5.74, 6) is 0. The number of aryl methyl sites for hydroxylation is 1. The van der Waals surface area contributed by atoms with Gasteiger partial charge in [-0.25, -0.2) is 0 Å². The van der Waals surface area contributed by atoms with E-state index in [1.807, 2.05) is 12.4 Å². The molecule has 0 unspecified atom stereocenters. The van der Waals surface area contributed by atoms with Crippen LogP contribution in [0, 0.1) is 0 Å². The molecular formula is C22H32N2. The predicted octanol–water partition coefficient (Wildman–Crippen LogP) is 6.11. The molecule has 2 aromatic rings. The Morgan fingerprint density at radius 2 is 1.62 bits per heavy atom. The van der Waals surface area contributed by atoms with Gasteiger partial charge in [-0.1, -0.05) is 52.0 Å². The van der Waals surface area contributed by atoms with Crippen LogP contribution < -0.4 is 4.90 Å². The molecule has 1 aliphatic rings. The highest BCUT2D eigenvalue weighted by atomic mass is 15.1. The van der Waals surface area contributed by atoms with E-state index in [0.29, 0.717) is 0 Å². The minimum Gasteiger partial charge on any atom is -0.374 e. The summed E-state index contributed by atoms with van der Waals surface area (Å²) in [4.78, 5) is 6.40. The SMILES string of the molecule is CCCCCCC.CN1CCCc2cc(-c3ccncc3)ccc21. The summed E-state index contributed by atoms with van der Waals surface area (Å²) < 4.78 is 0. The highest BCUT2D eigenvalue weighted by molar-refractivity contribution is 5.69. The maximum Gasteiger partial charge on any atom is 0.0396 e. The van der Waals surface area contributed by atoms with Crippen molar-refractivity contribution in [2.24, 2.45) is 0 Å². The molecule has 0 radical (unpaired) electrons. The number of benzene rings is 1. The minimum atomic E-state index is 1.17. The van der Waals surface area contributed by atoms with Crippen LogP contribution >= 0.6 is 0 Å². The van der Waals surface area contributed by atoms with Crippen LogP contribution in [0.2, 0.25) is 0 Å². The summed E-state index contributed by atoms with van der Waals surface area (Å²) in [5, 5.41) is 0. The van der Waals surface area contributed by atoms with E-state index in [2.05, 4.69) is 61.1 Å². The Morgan fingerprint density at radius 1 is 0.917 bits per heavy atom. The number of aromatic nitrogens is 1. The average molecular weight is 325 g/mol. The largest absolute Gasteiger partial charge is 0.374 e. The van der Waals surface area contributed by atoms with Crippen molar-refractivity contribution in [3.8, 4) is 11.1 Å². The zero-order valence-electron chi connectivity index (χ0n) is 15.6. The van der Waals surface area contributed by atoms with E-state index >= 15 is 0 Å². The van der Waals surface area contributed by atoms with Crippen molar-refractivity contribution in [2.75, 3.05) is 18.5 Å². The number of rotatable bonds is 5. The third-order valence-electron chi connectivity index (χ3n) is 4.65. The van der Waals surface area contributed by atoms with Gasteiger partial charge in [0.15, 0.2) is 0 Å². The summed E-state index contributed by atoms with van der Waals surface area (Å²) in [6, 6.07) is 10.9. The Morgan fingerprint density at radius 3 is 2.29 bits per heavy atom. The number of nitrogens with zero attached hydrogens (tertiary/aromatic N) is 2. The van der Waals surface area contributed by atoms with Crippen LogP contribution in [0.5, 0.6) is 0 Å². The molecule has 0 saturated heterocycles. The molecule has 0 fully saturated rings. The van der Waals surface area contributed by atoms with Crippen LogP contribution in [0.15, 0.2) is 42.7 Å². The topological polar surface area (TPSA) is 16.1 Å². The first-order chi connectivity index (χ1) is 11.8. The Balaban J connectivity index is 0.000000256. The van der Waals surface area contributed by atoms with Gasteiger partial charge in [0.25, 0.3) is 0 Å². The molecule has 1 aromatic heterocycles. The van der Waals surface area contributed by atoms with Crippen LogP contribution in [0.3, 0.4) is 0 Å². The van der Waals surface area contributed by atoms with Crippen LogP contribution in [0.25, 0.3) is 11.1 Å². The quantitative estimate of drug-likeness (QED) is 0.617. The number of fused-ring (bicyclic) bond motifs is 1. The minimum absolute atomic E-state index is 1.17. The van der Waals surface area contributed by atoms with Gasteiger partial charge in [-0.2, -0.15) is 0 Å². The summed E-state index contributed by atoms with van der Waals surface area (Å²) in [7, 11) is 2.17. The number of hydrogen-bond donors (Lipinski definition) is 0. The Kier molecular flexibility index (Phi) is 7.81. The highest BCUT2D eigenvalue weighted by Gasteiger charge is 2.13. The molecule has 2 heteroatoms. The Hall–Kier alpha value is -1.83. The lowest BCUT2D eigenvalue weighted by atomic mass is 9.97. The van der Waals surface area contributed by atoms with E-state index < -0.39 is 0 Å². The molecule has 3 rings (SSSR count). The van der Waals surface area contributed by atoms with Crippen LogP contribution in [0.1, 0.15) is 57.9 Å². The molecule has 1 aliphatic heterocycles. The number of pyridine rings is 1. The van der Waals surface area contributed by atoms with Gasteiger partial charge in [0.2, 0.25) is 0 Å². The molecule has 0 saturated carbocycles. The van der Waals surface area contributed by atoms with Gasteiger partial charge in [-0.3, -0.25) is 4.98 Å². The van der Waals surface area contributed by atoms with Crippen molar-refractivity contribution >= 4 is 5.69 Å². The van der Waals surface area contributed by atoms with E-state index in [1.165, 1.54) is 73.9 Å². The normalized spacial score (nSPS) is 13.0. The summed E-state index contributed by atoms with van der Waals surface area (Å²) in [6.45, 7) is 5.66. The summed E-state index contributed by atoms with van der Waals surface area (Å²) >= 11 is 0. The summed E-state index contributed by atoms with van der Waals surface area (Å²) in [5.41, 5.74) is 5.39. The lowest BCUT2D eigenvalue weighted by Gasteiger charge is -2.27. The zero-order chi connectivity index (χ0) is 17.2.